The number of carboxylic acids is 1. The molecule has 0 aliphatic heterocycles. The fraction of sp³-hybridized carbons (Fsp3) is 0.558. The van der Waals surface area contributed by atoms with Crippen LogP contribution >= 0.6 is 0 Å². The van der Waals surface area contributed by atoms with Gasteiger partial charge in [-0.2, -0.15) is 0 Å². The largest absolute Gasteiger partial charge is 0.508 e. The van der Waals surface area contributed by atoms with E-state index in [2.05, 4.69) is 47.5 Å². The maximum atomic E-state index is 14.7. The lowest BCUT2D eigenvalue weighted by atomic mass is 9.99. The molecular weight excluding hydrogens is 1060 g/mol. The van der Waals surface area contributed by atoms with Crippen LogP contribution in [0.3, 0.4) is 0 Å². The molecule has 0 radical (unpaired) electrons. The van der Waals surface area contributed by atoms with Crippen molar-refractivity contribution in [3.63, 3.8) is 0 Å². The number of nitrogens with zero attached hydrogens (tertiary/aromatic N) is 2. The number of phenols is 1. The molecule has 2 aromatic rings. The highest BCUT2D eigenvalue weighted by atomic mass is 16.6. The number of guanidine groups is 1. The minimum atomic E-state index is -1.67. The van der Waals surface area contributed by atoms with Gasteiger partial charge in [0.15, 0.2) is 5.96 Å². The molecule has 29 heteroatoms. The molecule has 20 N–H and O–H groups in total. The summed E-state index contributed by atoms with van der Waals surface area (Å²) in [6.07, 6.45) is 1.16. The van der Waals surface area contributed by atoms with Crippen LogP contribution < -0.4 is 71.2 Å². The van der Waals surface area contributed by atoms with E-state index in [0.29, 0.717) is 44.2 Å². The number of carbonyl (C=O) groups is 10. The third-order valence-corrected chi connectivity index (χ3v) is 12.7. The van der Waals surface area contributed by atoms with Crippen molar-refractivity contribution in [2.75, 3.05) is 13.1 Å². The molecule has 9 atom stereocenters. The van der Waals surface area contributed by atoms with Gasteiger partial charge in [-0.25, -0.2) is 0 Å². The molecule has 0 fully saturated rings. The molecule has 0 spiro atoms. The summed E-state index contributed by atoms with van der Waals surface area (Å²) >= 11 is 0. The normalized spacial score (nSPS) is 14.3. The van der Waals surface area contributed by atoms with Gasteiger partial charge in [0.05, 0.1) is 11.0 Å². The van der Waals surface area contributed by atoms with Crippen molar-refractivity contribution < 1.29 is 63.1 Å². The molecule has 0 heterocycles. The molecule has 0 saturated heterocycles. The number of carbonyl (C=O) groups excluding carboxylic acids is 9. The lowest BCUT2D eigenvalue weighted by Crippen LogP contribution is -2.61. The Bertz CT molecular complexity index is 2490. The second-order valence-electron chi connectivity index (χ2n) is 19.8. The molecule has 0 saturated carbocycles. The second-order valence-corrected chi connectivity index (χ2v) is 19.8. The number of carboxylic acid groups (broad SMARTS) is 1. The van der Waals surface area contributed by atoms with E-state index in [0.717, 1.165) is 12.1 Å². The summed E-state index contributed by atoms with van der Waals surface area (Å²) in [5.41, 5.74) is 28.3. The van der Waals surface area contributed by atoms with E-state index in [1.54, 1.807) is 13.8 Å². The molecule has 29 nitrogen and oxygen atoms in total. The van der Waals surface area contributed by atoms with Crippen molar-refractivity contribution in [2.24, 2.45) is 39.6 Å². The molecule has 0 bridgehead atoms. The number of phenolic OH excluding ortho intramolecular Hbond substituents is 1. The number of hydrogen-bond acceptors (Lipinski definition) is 16. The number of unbranched alkanes of at least 4 members (excludes halogenated alkanes) is 2. The van der Waals surface area contributed by atoms with E-state index in [-0.39, 0.29) is 55.2 Å². The molecule has 2 rings (SSSR count). The molecule has 2 aromatic carbocycles. The first-order chi connectivity index (χ1) is 38.2. The van der Waals surface area contributed by atoms with E-state index >= 15 is 0 Å². The van der Waals surface area contributed by atoms with Crippen LogP contribution in [-0.4, -0.2) is 148 Å². The topological polar surface area (TPSA) is 493 Å². The maximum Gasteiger partial charge on any atom is 0.303 e. The van der Waals surface area contributed by atoms with Crippen LogP contribution in [0, 0.1) is 16.0 Å². The Morgan fingerprint density at radius 1 is 0.568 bits per heavy atom. The average molecular weight is 1140 g/mol. The molecule has 9 amide bonds. The van der Waals surface area contributed by atoms with Gasteiger partial charge in [-0.05, 0) is 88.1 Å². The van der Waals surface area contributed by atoms with Crippen LogP contribution in [0.4, 0.5) is 5.69 Å². The molecule has 0 unspecified atom stereocenters. The number of aliphatic carboxylic acids is 1. The van der Waals surface area contributed by atoms with Gasteiger partial charge in [-0.3, -0.25) is 63.1 Å². The van der Waals surface area contributed by atoms with Crippen molar-refractivity contribution in [3.05, 3.63) is 69.8 Å². The van der Waals surface area contributed by atoms with E-state index in [1.165, 1.54) is 50.2 Å². The standard InChI is InChI=1S/C52H81N15O14/c1-6-7-12-36(43(55)71)61-44(72)30(5)60-47(75)38(22-23-41(69)70)63-49(77)39(26-31-14-18-33(19-15-31)67(80)81)64-50(78)40(27-32-16-20-34(68)21-17-32)65-51(79)42(28(2)3)66-48(76)37(13-10-25-58-52(56)57)62-45(73)29(4)59-46(74)35(54)11-8-9-24-53/h14-21,28-30,35-40,42,68H,6-13,22-27,53-54H2,1-5H3,(H2,55,71)(H,59,74)(H,60,75)(H,61,72)(H,62,73)(H,63,77)(H,64,78)(H,65,79)(H,66,76)(H,69,70)(H4,56,57,58)/t29-,30-,35-,36-,37-,38-,39-,40-,42-/m0/s1. The van der Waals surface area contributed by atoms with Gasteiger partial charge >= 0.3 is 5.97 Å². The van der Waals surface area contributed by atoms with Crippen LogP contribution in [0.15, 0.2) is 53.5 Å². The van der Waals surface area contributed by atoms with Gasteiger partial charge in [0, 0.05) is 37.9 Å². The van der Waals surface area contributed by atoms with Crippen molar-refractivity contribution in [1.82, 2.24) is 42.5 Å². The Hall–Kier alpha value is -8.47. The average Bonchev–Trinajstić information content (AvgIpc) is 3.42. The van der Waals surface area contributed by atoms with Crippen molar-refractivity contribution in [1.29, 1.82) is 0 Å². The maximum absolute atomic E-state index is 14.7. The third-order valence-electron chi connectivity index (χ3n) is 12.7. The van der Waals surface area contributed by atoms with Gasteiger partial charge in [0.25, 0.3) is 5.69 Å². The number of nitrogens with one attached hydrogen (secondary N) is 8. The number of nitro groups is 1. The summed E-state index contributed by atoms with van der Waals surface area (Å²) in [4.78, 5) is 149. The summed E-state index contributed by atoms with van der Waals surface area (Å²) in [7, 11) is 0. The summed E-state index contributed by atoms with van der Waals surface area (Å²) in [6.45, 7) is 8.14. The number of hydrogen-bond donors (Lipinski definition) is 15. The highest BCUT2D eigenvalue weighted by Gasteiger charge is 2.35. The number of nitro benzene ring substituents is 1. The highest BCUT2D eigenvalue weighted by molar-refractivity contribution is 5.98. The van der Waals surface area contributed by atoms with Gasteiger partial charge in [0.2, 0.25) is 53.2 Å². The number of aliphatic imine (C=N–C) groups is 1. The van der Waals surface area contributed by atoms with E-state index in [1.807, 2.05) is 6.92 Å². The number of non-ortho nitro benzene ring substituents is 1. The Balaban J connectivity index is 2.57. The zero-order valence-electron chi connectivity index (χ0n) is 46.4. The first-order valence-electron chi connectivity index (χ1n) is 26.6. The van der Waals surface area contributed by atoms with Gasteiger partial charge in [-0.1, -0.05) is 64.3 Å². The zero-order chi connectivity index (χ0) is 60.9. The molecule has 0 aliphatic rings. The fourth-order valence-electron chi connectivity index (χ4n) is 7.87. The summed E-state index contributed by atoms with van der Waals surface area (Å²) < 4.78 is 0. The summed E-state index contributed by atoms with van der Waals surface area (Å²) in [6, 6.07) is -1.75. The quantitative estimate of drug-likeness (QED) is 0.0111. The Morgan fingerprint density at radius 2 is 1.02 bits per heavy atom. The molecule has 0 aromatic heterocycles. The number of benzene rings is 2. The van der Waals surface area contributed by atoms with Crippen molar-refractivity contribution in [3.8, 4) is 5.75 Å². The Labute approximate surface area is 469 Å². The lowest BCUT2D eigenvalue weighted by molar-refractivity contribution is -0.384. The molecular formula is C52H81N15O14. The van der Waals surface area contributed by atoms with Crippen molar-refractivity contribution >= 4 is 70.8 Å². The number of amides is 9. The Kier molecular flexibility index (Phi) is 29.8. The number of nitrogens with two attached hydrogens (primary N) is 5. The minimum Gasteiger partial charge on any atom is -0.508 e. The first kappa shape index (κ1) is 68.6. The third kappa shape index (κ3) is 25.5. The van der Waals surface area contributed by atoms with E-state index < -0.39 is 144 Å². The number of primary amides is 1. The predicted octanol–water partition coefficient (Wildman–Crippen LogP) is -2.29. The van der Waals surface area contributed by atoms with Crippen LogP contribution in [-0.2, 0) is 60.8 Å². The van der Waals surface area contributed by atoms with Crippen LogP contribution in [0.1, 0.15) is 110 Å². The number of aromatic hydroxyl groups is 1. The monoisotopic (exact) mass is 1140 g/mol. The van der Waals surface area contributed by atoms with Crippen LogP contribution in [0.5, 0.6) is 5.75 Å². The van der Waals surface area contributed by atoms with Gasteiger partial charge in [-0.15, -0.1) is 0 Å². The van der Waals surface area contributed by atoms with Gasteiger partial charge in [0.1, 0.15) is 54.1 Å². The molecule has 448 valence electrons. The SMILES string of the molecule is CCCC[C@H](NC(=O)[C@H](C)NC(=O)[C@H](CCC(=O)O)NC(=O)[C@H](Cc1ccc([N+](=O)[O-])cc1)NC(=O)[C@H](Cc1ccc(O)cc1)NC(=O)[C@@H](NC(=O)[C@H](CCCN=C(N)N)NC(=O)[C@H](C)NC(=O)[C@@H](N)CCCCN)C(C)C)C(N)=O. The van der Waals surface area contributed by atoms with Crippen LogP contribution in [0.2, 0.25) is 0 Å². The van der Waals surface area contributed by atoms with Crippen LogP contribution in [0.25, 0.3) is 0 Å². The lowest BCUT2D eigenvalue weighted by Gasteiger charge is -2.29. The molecule has 0 aliphatic carbocycles. The Morgan fingerprint density at radius 3 is 1.52 bits per heavy atom. The smallest absolute Gasteiger partial charge is 0.303 e. The minimum absolute atomic E-state index is 0.0463. The highest BCUT2D eigenvalue weighted by Crippen LogP contribution is 2.16. The zero-order valence-corrected chi connectivity index (χ0v) is 46.4. The van der Waals surface area contributed by atoms with E-state index in [9.17, 15) is 68.3 Å². The first-order valence-corrected chi connectivity index (χ1v) is 26.6. The predicted molar refractivity (Wildman–Crippen MR) is 297 cm³/mol. The van der Waals surface area contributed by atoms with E-state index in [4.69, 9.17) is 28.7 Å². The van der Waals surface area contributed by atoms with Gasteiger partial charge < -0.3 is 81.4 Å². The van der Waals surface area contributed by atoms with Crippen molar-refractivity contribution in [2.45, 2.75) is 166 Å². The summed E-state index contributed by atoms with van der Waals surface area (Å²) in [5, 5.41) is 51.4. The number of rotatable bonds is 37. The molecule has 81 heavy (non-hydrogen) atoms. The summed E-state index contributed by atoms with van der Waals surface area (Å²) in [5.74, 6) is -10.3. The fourth-order valence-corrected chi connectivity index (χ4v) is 7.87. The second kappa shape index (κ2) is 35.2.